The maximum absolute atomic E-state index is 10.5. The smallest absolute Gasteiger partial charge is 0.160 e. The number of hydrogen-bond acceptors (Lipinski definition) is 4. The van der Waals surface area contributed by atoms with Gasteiger partial charge < -0.3 is 5.73 Å². The molecule has 5 nitrogen and oxygen atoms in total. The van der Waals surface area contributed by atoms with Crippen LogP contribution in [0.5, 0.6) is 0 Å². The average molecular weight is 211 g/mol. The highest BCUT2D eigenvalue weighted by molar-refractivity contribution is 7.71. The van der Waals surface area contributed by atoms with Crippen LogP contribution in [-0.4, -0.2) is 18.2 Å². The van der Waals surface area contributed by atoms with Crippen LogP contribution in [0.3, 0.4) is 0 Å². The van der Waals surface area contributed by atoms with Gasteiger partial charge in [-0.25, -0.2) is 13.1 Å². The molecular weight excluding hydrogens is 202 g/mol. The molecular formula is C8H9N3O2S. The zero-order chi connectivity index (χ0) is 10.1. The van der Waals surface area contributed by atoms with Crippen LogP contribution in [0.1, 0.15) is 0 Å². The maximum Gasteiger partial charge on any atom is 0.160 e. The molecule has 0 fully saturated rings. The molecule has 2 aromatic rings. The van der Waals surface area contributed by atoms with Crippen LogP contribution in [0.4, 0.5) is 5.69 Å². The summed E-state index contributed by atoms with van der Waals surface area (Å²) in [5.41, 5.74) is 6.93. The van der Waals surface area contributed by atoms with Crippen molar-refractivity contribution in [2.24, 2.45) is 0 Å². The van der Waals surface area contributed by atoms with Crippen molar-refractivity contribution < 1.29 is 8.42 Å². The van der Waals surface area contributed by atoms with Crippen molar-refractivity contribution in [3.63, 3.8) is 0 Å². The number of anilines is 1. The maximum atomic E-state index is 10.5. The zero-order valence-electron chi connectivity index (χ0n) is 7.25. The van der Waals surface area contributed by atoms with Gasteiger partial charge in [-0.2, -0.15) is 5.10 Å². The Kier molecular flexibility index (Phi) is 2.12. The minimum absolute atomic E-state index is 0.109. The first-order chi connectivity index (χ1) is 6.66. The summed E-state index contributed by atoms with van der Waals surface area (Å²) in [7, 11) is -2.47. The second-order valence-electron chi connectivity index (χ2n) is 2.94. The van der Waals surface area contributed by atoms with Crippen LogP contribution in [0, 0.1) is 0 Å². The van der Waals surface area contributed by atoms with Crippen molar-refractivity contribution in [3.8, 4) is 0 Å². The van der Waals surface area contributed by atoms with E-state index in [0.29, 0.717) is 5.69 Å². The Labute approximate surface area is 82.1 Å². The highest BCUT2D eigenvalue weighted by Crippen LogP contribution is 2.16. The summed E-state index contributed by atoms with van der Waals surface area (Å²) in [5.74, 6) is -0.109. The molecule has 1 aromatic carbocycles. The lowest BCUT2D eigenvalue weighted by Crippen LogP contribution is -2.00. The molecule has 0 saturated carbocycles. The van der Waals surface area contributed by atoms with Crippen molar-refractivity contribution in [1.29, 1.82) is 0 Å². The standard InChI is InChI=1S/C8H9N3O2S/c9-7-2-1-6-4-10-11(5-14(12)13)8(6)3-7/h1-4,14H,5,9H2. The molecule has 2 rings (SSSR count). The Balaban J connectivity index is 2.60. The summed E-state index contributed by atoms with van der Waals surface area (Å²) in [5, 5.41) is 4.84. The predicted octanol–water partition coefficient (Wildman–Crippen LogP) is 0.187. The molecule has 0 unspecified atom stereocenters. The molecule has 0 radical (unpaired) electrons. The van der Waals surface area contributed by atoms with Gasteiger partial charge in [-0.3, -0.25) is 0 Å². The number of nitrogens with two attached hydrogens (primary N) is 1. The second kappa shape index (κ2) is 3.30. The van der Waals surface area contributed by atoms with E-state index in [1.54, 1.807) is 18.3 Å². The zero-order valence-corrected chi connectivity index (χ0v) is 8.15. The van der Waals surface area contributed by atoms with Crippen LogP contribution in [-0.2, 0) is 16.6 Å². The highest BCUT2D eigenvalue weighted by atomic mass is 32.2. The lowest BCUT2D eigenvalue weighted by molar-refractivity contribution is 0.598. The van der Waals surface area contributed by atoms with Gasteiger partial charge in [0.05, 0.1) is 11.7 Å². The van der Waals surface area contributed by atoms with E-state index in [1.807, 2.05) is 6.07 Å². The fourth-order valence-corrected chi connectivity index (χ4v) is 1.75. The van der Waals surface area contributed by atoms with Crippen LogP contribution >= 0.6 is 0 Å². The van der Waals surface area contributed by atoms with Crippen molar-refractivity contribution in [1.82, 2.24) is 9.78 Å². The number of fused-ring (bicyclic) bond motifs is 1. The Morgan fingerprint density at radius 1 is 1.43 bits per heavy atom. The Bertz CT molecular complexity index is 537. The predicted molar refractivity (Wildman–Crippen MR) is 54.5 cm³/mol. The summed E-state index contributed by atoms with van der Waals surface area (Å²) < 4.78 is 22.5. The number of nitrogens with zero attached hydrogens (tertiary/aromatic N) is 2. The minimum atomic E-state index is -2.47. The Morgan fingerprint density at radius 2 is 2.21 bits per heavy atom. The summed E-state index contributed by atoms with van der Waals surface area (Å²) >= 11 is 0. The van der Waals surface area contributed by atoms with Gasteiger partial charge in [0.15, 0.2) is 10.7 Å². The normalized spacial score (nSPS) is 11.2. The molecule has 0 amide bonds. The van der Waals surface area contributed by atoms with Gasteiger partial charge >= 0.3 is 0 Å². The molecule has 14 heavy (non-hydrogen) atoms. The van der Waals surface area contributed by atoms with Gasteiger partial charge in [-0.1, -0.05) is 0 Å². The van der Waals surface area contributed by atoms with Gasteiger partial charge in [0, 0.05) is 11.1 Å². The van der Waals surface area contributed by atoms with E-state index in [2.05, 4.69) is 5.10 Å². The second-order valence-corrected chi connectivity index (χ2v) is 3.88. The first-order valence-electron chi connectivity index (χ1n) is 3.99. The van der Waals surface area contributed by atoms with Gasteiger partial charge in [-0.05, 0) is 18.2 Å². The van der Waals surface area contributed by atoms with Crippen molar-refractivity contribution in [2.75, 3.05) is 5.73 Å². The lowest BCUT2D eigenvalue weighted by atomic mass is 10.2. The van der Waals surface area contributed by atoms with Crippen LogP contribution in [0.15, 0.2) is 24.4 Å². The van der Waals surface area contributed by atoms with E-state index in [0.717, 1.165) is 10.9 Å². The molecule has 0 aliphatic heterocycles. The minimum Gasteiger partial charge on any atom is -0.399 e. The molecule has 1 aromatic heterocycles. The summed E-state index contributed by atoms with van der Waals surface area (Å²) in [4.78, 5) is 0. The van der Waals surface area contributed by atoms with Crippen molar-refractivity contribution >= 4 is 27.3 Å². The van der Waals surface area contributed by atoms with Crippen LogP contribution in [0.2, 0.25) is 0 Å². The third kappa shape index (κ3) is 1.56. The van der Waals surface area contributed by atoms with E-state index in [-0.39, 0.29) is 5.88 Å². The monoisotopic (exact) mass is 211 g/mol. The third-order valence-corrected chi connectivity index (χ3v) is 2.42. The van der Waals surface area contributed by atoms with E-state index < -0.39 is 10.7 Å². The number of aromatic nitrogens is 2. The lowest BCUT2D eigenvalue weighted by Gasteiger charge is -1.98. The molecule has 2 N–H and O–H groups in total. The number of rotatable bonds is 2. The third-order valence-electron chi connectivity index (χ3n) is 1.92. The Morgan fingerprint density at radius 3 is 2.93 bits per heavy atom. The van der Waals surface area contributed by atoms with E-state index in [1.165, 1.54) is 4.68 Å². The van der Waals surface area contributed by atoms with Crippen LogP contribution in [0.25, 0.3) is 10.9 Å². The van der Waals surface area contributed by atoms with Gasteiger partial charge in [-0.15, -0.1) is 0 Å². The largest absolute Gasteiger partial charge is 0.399 e. The molecule has 0 saturated heterocycles. The molecule has 0 spiro atoms. The number of hydrogen-bond donors (Lipinski definition) is 2. The molecule has 0 atom stereocenters. The summed E-state index contributed by atoms with van der Waals surface area (Å²) in [6.45, 7) is 0. The number of thiol groups is 1. The molecule has 0 aliphatic rings. The first kappa shape index (κ1) is 9.01. The molecule has 0 bridgehead atoms. The fraction of sp³-hybridized carbons (Fsp3) is 0.125. The van der Waals surface area contributed by atoms with Crippen molar-refractivity contribution in [3.05, 3.63) is 24.4 Å². The quantitative estimate of drug-likeness (QED) is 0.549. The summed E-state index contributed by atoms with van der Waals surface area (Å²) in [6, 6.07) is 5.28. The first-order valence-corrected chi connectivity index (χ1v) is 5.36. The van der Waals surface area contributed by atoms with Crippen LogP contribution < -0.4 is 5.73 Å². The van der Waals surface area contributed by atoms with Gasteiger partial charge in [0.2, 0.25) is 0 Å². The van der Waals surface area contributed by atoms with E-state index in [4.69, 9.17) is 5.73 Å². The highest BCUT2D eigenvalue weighted by Gasteiger charge is 2.02. The average Bonchev–Trinajstić information content (AvgIpc) is 2.47. The van der Waals surface area contributed by atoms with E-state index in [9.17, 15) is 8.42 Å². The molecule has 1 heterocycles. The van der Waals surface area contributed by atoms with Gasteiger partial charge in [0.1, 0.15) is 5.88 Å². The van der Waals surface area contributed by atoms with Crippen molar-refractivity contribution in [2.45, 2.75) is 5.88 Å². The molecule has 74 valence electrons. The molecule has 0 aliphatic carbocycles. The SMILES string of the molecule is Nc1ccc2cnn(C[SH](=O)=O)c2c1. The molecule has 6 heteroatoms. The van der Waals surface area contributed by atoms with E-state index >= 15 is 0 Å². The summed E-state index contributed by atoms with van der Waals surface area (Å²) in [6.07, 6.45) is 1.62. The number of nitrogen functional groups attached to an aromatic ring is 1. The topological polar surface area (TPSA) is 78.0 Å². The number of benzene rings is 1. The Hall–Kier alpha value is -1.56. The fourth-order valence-electron chi connectivity index (χ4n) is 1.31. The van der Waals surface area contributed by atoms with Gasteiger partial charge in [0.25, 0.3) is 0 Å².